The molecule has 3 rings (SSSR count). The first kappa shape index (κ1) is 20.6. The van der Waals surface area contributed by atoms with Crippen LogP contribution in [0.25, 0.3) is 0 Å². The fourth-order valence-electron chi connectivity index (χ4n) is 3.80. The van der Waals surface area contributed by atoms with Gasteiger partial charge in [0.1, 0.15) is 11.7 Å². The van der Waals surface area contributed by atoms with Crippen molar-refractivity contribution in [2.24, 2.45) is 11.8 Å². The maximum Gasteiger partial charge on any atom is 0.239 e. The lowest BCUT2D eigenvalue weighted by atomic mass is 9.92. The van der Waals surface area contributed by atoms with Gasteiger partial charge in [-0.1, -0.05) is 0 Å². The highest BCUT2D eigenvalue weighted by atomic mass is 35.5. The van der Waals surface area contributed by atoms with Crippen molar-refractivity contribution in [1.82, 2.24) is 10.2 Å². The number of halogens is 2. The number of amides is 2. The van der Waals surface area contributed by atoms with Crippen molar-refractivity contribution in [1.29, 1.82) is 0 Å². The van der Waals surface area contributed by atoms with Crippen LogP contribution in [0.3, 0.4) is 0 Å². The average molecular weight is 384 g/mol. The first-order valence-electron chi connectivity index (χ1n) is 9.10. The standard InChI is InChI=1S/C19H26FN3O2.ClH/c1-21-10-6-14-7-11-22(12-8-14)18(24)17-9-13-23(19(17)25)16-4-2-15(20)3-5-16;/h2-5,14,17,21H,6-13H2,1H3;1H. The molecule has 2 aliphatic heterocycles. The first-order chi connectivity index (χ1) is 12.1. The highest BCUT2D eigenvalue weighted by Gasteiger charge is 2.40. The molecule has 7 heteroatoms. The molecule has 0 aliphatic carbocycles. The molecule has 1 aromatic carbocycles. The van der Waals surface area contributed by atoms with Gasteiger partial charge < -0.3 is 15.1 Å². The number of anilines is 1. The molecule has 2 aliphatic rings. The molecule has 1 aromatic rings. The van der Waals surface area contributed by atoms with Crippen molar-refractivity contribution in [2.75, 3.05) is 38.1 Å². The number of hydrogen-bond acceptors (Lipinski definition) is 3. The summed E-state index contributed by atoms with van der Waals surface area (Å²) in [6.45, 7) is 3.01. The Labute approximate surface area is 160 Å². The van der Waals surface area contributed by atoms with Crippen LogP contribution in [0, 0.1) is 17.7 Å². The Morgan fingerprint density at radius 3 is 2.42 bits per heavy atom. The predicted molar refractivity (Wildman–Crippen MR) is 102 cm³/mol. The smallest absolute Gasteiger partial charge is 0.239 e. The summed E-state index contributed by atoms with van der Waals surface area (Å²) in [7, 11) is 1.96. The van der Waals surface area contributed by atoms with E-state index in [-0.39, 0.29) is 30.0 Å². The van der Waals surface area contributed by atoms with Crippen LogP contribution >= 0.6 is 12.4 Å². The Bertz CT molecular complexity index is 618. The lowest BCUT2D eigenvalue weighted by Gasteiger charge is -2.33. The topological polar surface area (TPSA) is 52.7 Å². The number of likely N-dealkylation sites (tertiary alicyclic amines) is 1. The van der Waals surface area contributed by atoms with Crippen LogP contribution in [0.4, 0.5) is 10.1 Å². The van der Waals surface area contributed by atoms with Gasteiger partial charge in [-0.3, -0.25) is 9.59 Å². The summed E-state index contributed by atoms with van der Waals surface area (Å²) in [4.78, 5) is 28.9. The van der Waals surface area contributed by atoms with Gasteiger partial charge in [-0.2, -0.15) is 0 Å². The molecule has 0 saturated carbocycles. The van der Waals surface area contributed by atoms with Gasteiger partial charge in [-0.15, -0.1) is 12.4 Å². The summed E-state index contributed by atoms with van der Waals surface area (Å²) in [5.74, 6) is -0.454. The van der Waals surface area contributed by atoms with Gasteiger partial charge in [0.25, 0.3) is 0 Å². The third-order valence-electron chi connectivity index (χ3n) is 5.37. The molecule has 0 aromatic heterocycles. The number of carbonyl (C=O) groups excluding carboxylic acids is 2. The van der Waals surface area contributed by atoms with Crippen molar-refractivity contribution in [2.45, 2.75) is 25.7 Å². The third kappa shape index (κ3) is 4.54. The Hall–Kier alpha value is -1.66. The second-order valence-corrected chi connectivity index (χ2v) is 6.97. The number of rotatable bonds is 5. The molecule has 2 amide bonds. The first-order valence-corrected chi connectivity index (χ1v) is 9.10. The number of nitrogens with one attached hydrogen (secondary N) is 1. The van der Waals surface area contributed by atoms with Crippen LogP contribution < -0.4 is 10.2 Å². The van der Waals surface area contributed by atoms with Crippen LogP contribution in [0.5, 0.6) is 0 Å². The molecule has 1 atom stereocenters. The van der Waals surface area contributed by atoms with E-state index in [0.717, 1.165) is 38.9 Å². The van der Waals surface area contributed by atoms with Crippen molar-refractivity contribution < 1.29 is 14.0 Å². The normalized spacial score (nSPS) is 21.0. The largest absolute Gasteiger partial charge is 0.342 e. The van der Waals surface area contributed by atoms with Gasteiger partial charge in [-0.05, 0) is 69.5 Å². The SMILES string of the molecule is CNCCC1CCN(C(=O)C2CCN(c3ccc(F)cc3)C2=O)CC1.Cl. The Morgan fingerprint density at radius 1 is 1.15 bits per heavy atom. The van der Waals surface area contributed by atoms with Gasteiger partial charge in [0.05, 0.1) is 0 Å². The lowest BCUT2D eigenvalue weighted by molar-refractivity contribution is -0.141. The molecular weight excluding hydrogens is 357 g/mol. The molecule has 5 nitrogen and oxygen atoms in total. The summed E-state index contributed by atoms with van der Waals surface area (Å²) in [5.41, 5.74) is 0.660. The highest BCUT2D eigenvalue weighted by molar-refractivity contribution is 6.09. The number of nitrogens with zero attached hydrogens (tertiary/aromatic N) is 2. The third-order valence-corrected chi connectivity index (χ3v) is 5.37. The fourth-order valence-corrected chi connectivity index (χ4v) is 3.80. The van der Waals surface area contributed by atoms with E-state index < -0.39 is 5.92 Å². The number of hydrogen-bond donors (Lipinski definition) is 1. The zero-order valence-electron chi connectivity index (χ0n) is 15.1. The Morgan fingerprint density at radius 2 is 1.81 bits per heavy atom. The molecule has 0 spiro atoms. The monoisotopic (exact) mass is 383 g/mol. The minimum atomic E-state index is -0.584. The van der Waals surface area contributed by atoms with Crippen molar-refractivity contribution in [3.05, 3.63) is 30.1 Å². The predicted octanol–water partition coefficient (Wildman–Crippen LogP) is 2.45. The Balaban J connectivity index is 0.00000243. The average Bonchev–Trinajstić information content (AvgIpc) is 3.02. The molecule has 26 heavy (non-hydrogen) atoms. The molecule has 1 N–H and O–H groups in total. The molecule has 1 unspecified atom stereocenters. The van der Waals surface area contributed by atoms with Crippen LogP contribution in [-0.2, 0) is 9.59 Å². The zero-order chi connectivity index (χ0) is 17.8. The van der Waals surface area contributed by atoms with Crippen LogP contribution in [0.15, 0.2) is 24.3 Å². The molecular formula is C19H27ClFN3O2. The van der Waals surface area contributed by atoms with Crippen molar-refractivity contribution >= 4 is 29.9 Å². The summed E-state index contributed by atoms with van der Waals surface area (Å²) in [6, 6.07) is 5.86. The van der Waals surface area contributed by atoms with Crippen molar-refractivity contribution in [3.63, 3.8) is 0 Å². The van der Waals surface area contributed by atoms with E-state index in [1.165, 1.54) is 12.1 Å². The molecule has 0 bridgehead atoms. The molecule has 144 valence electrons. The Kier molecular flexibility index (Phi) is 7.41. The second kappa shape index (κ2) is 9.33. The van der Waals surface area contributed by atoms with Crippen molar-refractivity contribution in [3.8, 4) is 0 Å². The fraction of sp³-hybridized carbons (Fsp3) is 0.579. The van der Waals surface area contributed by atoms with Gasteiger partial charge in [0, 0.05) is 25.3 Å². The zero-order valence-corrected chi connectivity index (χ0v) is 15.9. The minimum absolute atomic E-state index is 0. The number of carbonyl (C=O) groups is 2. The van der Waals surface area contributed by atoms with E-state index in [9.17, 15) is 14.0 Å². The van der Waals surface area contributed by atoms with E-state index in [0.29, 0.717) is 24.6 Å². The summed E-state index contributed by atoms with van der Waals surface area (Å²) in [5, 5.41) is 3.17. The van der Waals surface area contributed by atoms with Gasteiger partial charge in [0.15, 0.2) is 0 Å². The second-order valence-electron chi connectivity index (χ2n) is 6.97. The maximum atomic E-state index is 13.1. The lowest BCUT2D eigenvalue weighted by Crippen LogP contribution is -2.44. The quantitative estimate of drug-likeness (QED) is 0.794. The highest BCUT2D eigenvalue weighted by Crippen LogP contribution is 2.28. The van der Waals surface area contributed by atoms with E-state index >= 15 is 0 Å². The van der Waals surface area contributed by atoms with Gasteiger partial charge >= 0.3 is 0 Å². The molecule has 0 radical (unpaired) electrons. The number of piperidine rings is 1. The van der Waals surface area contributed by atoms with Gasteiger partial charge in [-0.25, -0.2) is 4.39 Å². The van der Waals surface area contributed by atoms with E-state index in [4.69, 9.17) is 0 Å². The van der Waals surface area contributed by atoms with Gasteiger partial charge in [0.2, 0.25) is 11.8 Å². The molecule has 2 saturated heterocycles. The summed E-state index contributed by atoms with van der Waals surface area (Å²) < 4.78 is 13.1. The van der Waals surface area contributed by atoms with E-state index in [1.54, 1.807) is 17.0 Å². The summed E-state index contributed by atoms with van der Waals surface area (Å²) >= 11 is 0. The molecule has 2 heterocycles. The van der Waals surface area contributed by atoms with Crippen LogP contribution in [0.2, 0.25) is 0 Å². The summed E-state index contributed by atoms with van der Waals surface area (Å²) in [6.07, 6.45) is 3.69. The molecule has 2 fully saturated rings. The number of benzene rings is 1. The van der Waals surface area contributed by atoms with Crippen LogP contribution in [0.1, 0.15) is 25.7 Å². The van der Waals surface area contributed by atoms with Crippen LogP contribution in [-0.4, -0.2) is 49.9 Å². The van der Waals surface area contributed by atoms with E-state index in [1.807, 2.05) is 11.9 Å². The van der Waals surface area contributed by atoms with E-state index in [2.05, 4.69) is 5.32 Å². The minimum Gasteiger partial charge on any atom is -0.342 e. The maximum absolute atomic E-state index is 13.1.